The number of nitro benzene ring substituents is 1. The largest absolute Gasteiger partial charge is 0.477 e. The highest BCUT2D eigenvalue weighted by atomic mass is 32.2. The second-order valence-corrected chi connectivity index (χ2v) is 8.95. The summed E-state index contributed by atoms with van der Waals surface area (Å²) in [5.74, 6) is -1.78. The molecule has 2 aromatic rings. The Balaban J connectivity index is 1.78. The predicted molar refractivity (Wildman–Crippen MR) is 103 cm³/mol. The number of carbonyl (C=O) groups excluding carboxylic acids is 1. The van der Waals surface area contributed by atoms with E-state index in [2.05, 4.69) is 0 Å². The molecule has 1 fully saturated rings. The zero-order valence-electron chi connectivity index (χ0n) is 15.4. The molecule has 0 aromatic heterocycles. The average molecular weight is 422 g/mol. The van der Waals surface area contributed by atoms with Crippen molar-refractivity contribution < 1.29 is 27.3 Å². The Morgan fingerprint density at radius 3 is 2.59 bits per heavy atom. The maximum Gasteiger partial charge on any atom is 0.311 e. The highest BCUT2D eigenvalue weighted by molar-refractivity contribution is 7.91. The molecule has 8 nitrogen and oxygen atoms in total. The number of nitro groups is 1. The summed E-state index contributed by atoms with van der Waals surface area (Å²) in [6.07, 6.45) is 0.307. The Hall–Kier alpha value is -3.01. The number of hydrogen-bond donors (Lipinski definition) is 0. The summed E-state index contributed by atoms with van der Waals surface area (Å²) in [5.41, 5.74) is 0.346. The zero-order chi connectivity index (χ0) is 21.0. The monoisotopic (exact) mass is 422 g/mol. The number of ether oxygens (including phenoxy) is 1. The van der Waals surface area contributed by atoms with Crippen molar-refractivity contribution in [3.63, 3.8) is 0 Å². The quantitative estimate of drug-likeness (QED) is 0.501. The summed E-state index contributed by atoms with van der Waals surface area (Å²) in [5, 5.41) is 11.1. The van der Waals surface area contributed by atoms with Gasteiger partial charge in [-0.2, -0.15) is 0 Å². The van der Waals surface area contributed by atoms with Crippen molar-refractivity contribution in [1.82, 2.24) is 4.90 Å². The standard InChI is InChI=1S/C19H19FN2O6S/c20-15-6-7-17(22(24)25)18(10-15)28-12-19(23)21(11-14-4-2-1-3-5-14)16-8-9-29(26,27)13-16/h1-7,10,16H,8-9,11-13H2/t16-/m0/s1. The fourth-order valence-corrected chi connectivity index (χ4v) is 4.93. The smallest absolute Gasteiger partial charge is 0.311 e. The number of nitrogens with zero attached hydrogens (tertiary/aromatic N) is 2. The van der Waals surface area contributed by atoms with E-state index in [0.717, 1.165) is 23.8 Å². The third-order valence-corrected chi connectivity index (χ3v) is 6.39. The lowest BCUT2D eigenvalue weighted by atomic mass is 10.1. The summed E-state index contributed by atoms with van der Waals surface area (Å²) in [6.45, 7) is -0.401. The van der Waals surface area contributed by atoms with Crippen molar-refractivity contribution in [3.8, 4) is 5.75 Å². The zero-order valence-corrected chi connectivity index (χ0v) is 16.2. The molecule has 0 N–H and O–H groups in total. The maximum atomic E-state index is 13.4. The molecule has 29 heavy (non-hydrogen) atoms. The Kier molecular flexibility index (Phi) is 6.12. The van der Waals surface area contributed by atoms with Gasteiger partial charge in [0.1, 0.15) is 5.82 Å². The van der Waals surface area contributed by atoms with Gasteiger partial charge in [0, 0.05) is 24.7 Å². The van der Waals surface area contributed by atoms with Crippen LogP contribution in [0.4, 0.5) is 10.1 Å². The average Bonchev–Trinajstić information content (AvgIpc) is 3.04. The van der Waals surface area contributed by atoms with E-state index in [-0.39, 0.29) is 23.8 Å². The molecule has 3 rings (SSSR count). The molecular weight excluding hydrogens is 403 g/mol. The molecule has 1 amide bonds. The molecule has 1 heterocycles. The molecule has 0 spiro atoms. The molecular formula is C19H19FN2O6S. The highest BCUT2D eigenvalue weighted by Gasteiger charge is 2.35. The fraction of sp³-hybridized carbons (Fsp3) is 0.316. The van der Waals surface area contributed by atoms with E-state index < -0.39 is 44.8 Å². The molecule has 0 unspecified atom stereocenters. The molecule has 1 aliphatic heterocycles. The van der Waals surface area contributed by atoms with Gasteiger partial charge in [0.05, 0.1) is 16.4 Å². The summed E-state index contributed by atoms with van der Waals surface area (Å²) in [6, 6.07) is 11.3. The Morgan fingerprint density at radius 1 is 1.24 bits per heavy atom. The minimum Gasteiger partial charge on any atom is -0.477 e. The molecule has 0 saturated carbocycles. The lowest BCUT2D eigenvalue weighted by Crippen LogP contribution is -2.43. The number of rotatable bonds is 7. The predicted octanol–water partition coefficient (Wildman–Crippen LogP) is 2.33. The SMILES string of the molecule is O=C(COc1cc(F)ccc1[N+](=O)[O-])N(Cc1ccccc1)[C@H]1CCS(=O)(=O)C1. The van der Waals surface area contributed by atoms with Crippen LogP contribution < -0.4 is 4.74 Å². The van der Waals surface area contributed by atoms with Crippen LogP contribution in [0.1, 0.15) is 12.0 Å². The van der Waals surface area contributed by atoms with Gasteiger partial charge in [-0.3, -0.25) is 14.9 Å². The third-order valence-electron chi connectivity index (χ3n) is 4.63. The van der Waals surface area contributed by atoms with Crippen LogP contribution in [0, 0.1) is 15.9 Å². The van der Waals surface area contributed by atoms with Gasteiger partial charge in [0.25, 0.3) is 5.91 Å². The number of carbonyl (C=O) groups is 1. The number of sulfone groups is 1. The number of benzene rings is 2. The number of amides is 1. The van der Waals surface area contributed by atoms with E-state index in [0.29, 0.717) is 6.42 Å². The first-order chi connectivity index (χ1) is 13.7. The Morgan fingerprint density at radius 2 is 1.97 bits per heavy atom. The van der Waals surface area contributed by atoms with Crippen LogP contribution in [-0.2, 0) is 21.2 Å². The van der Waals surface area contributed by atoms with Gasteiger partial charge in [0.2, 0.25) is 5.75 Å². The molecule has 2 aromatic carbocycles. The molecule has 0 bridgehead atoms. The lowest BCUT2D eigenvalue weighted by molar-refractivity contribution is -0.385. The van der Waals surface area contributed by atoms with Crippen molar-refractivity contribution in [2.75, 3.05) is 18.1 Å². The van der Waals surface area contributed by atoms with Crippen molar-refractivity contribution in [2.24, 2.45) is 0 Å². The van der Waals surface area contributed by atoms with E-state index in [4.69, 9.17) is 4.74 Å². The van der Waals surface area contributed by atoms with E-state index >= 15 is 0 Å². The topological polar surface area (TPSA) is 107 Å². The van der Waals surface area contributed by atoms with Crippen molar-refractivity contribution in [1.29, 1.82) is 0 Å². The van der Waals surface area contributed by atoms with Crippen LogP contribution in [0.5, 0.6) is 5.75 Å². The highest BCUT2D eigenvalue weighted by Crippen LogP contribution is 2.28. The van der Waals surface area contributed by atoms with Crippen LogP contribution in [0.2, 0.25) is 0 Å². The third kappa shape index (κ3) is 5.29. The molecule has 1 atom stereocenters. The summed E-state index contributed by atoms with van der Waals surface area (Å²) < 4.78 is 42.4. The van der Waals surface area contributed by atoms with E-state index in [9.17, 15) is 27.7 Å². The number of hydrogen-bond acceptors (Lipinski definition) is 6. The van der Waals surface area contributed by atoms with Crippen LogP contribution in [-0.4, -0.2) is 48.3 Å². The first-order valence-electron chi connectivity index (χ1n) is 8.86. The van der Waals surface area contributed by atoms with Crippen molar-refractivity contribution in [2.45, 2.75) is 19.0 Å². The number of halogens is 1. The minimum atomic E-state index is -3.23. The van der Waals surface area contributed by atoms with Crippen LogP contribution in [0.25, 0.3) is 0 Å². The molecule has 0 aliphatic carbocycles. The molecule has 10 heteroatoms. The normalized spacial score (nSPS) is 17.6. The second-order valence-electron chi connectivity index (χ2n) is 6.72. The van der Waals surface area contributed by atoms with Gasteiger partial charge in [0.15, 0.2) is 16.4 Å². The molecule has 1 saturated heterocycles. The Bertz CT molecular complexity index is 1010. The maximum absolute atomic E-state index is 13.4. The second kappa shape index (κ2) is 8.56. The fourth-order valence-electron chi connectivity index (χ4n) is 3.20. The van der Waals surface area contributed by atoms with E-state index in [1.165, 1.54) is 4.90 Å². The summed E-state index contributed by atoms with van der Waals surface area (Å²) >= 11 is 0. The van der Waals surface area contributed by atoms with Crippen molar-refractivity contribution in [3.05, 3.63) is 70.0 Å². The molecule has 154 valence electrons. The van der Waals surface area contributed by atoms with Gasteiger partial charge in [-0.1, -0.05) is 30.3 Å². The molecule has 1 aliphatic rings. The van der Waals surface area contributed by atoms with E-state index in [1.807, 2.05) is 18.2 Å². The first-order valence-corrected chi connectivity index (χ1v) is 10.7. The van der Waals surface area contributed by atoms with Gasteiger partial charge in [-0.15, -0.1) is 0 Å². The Labute approximate surface area is 167 Å². The van der Waals surface area contributed by atoms with Gasteiger partial charge >= 0.3 is 5.69 Å². The summed E-state index contributed by atoms with van der Waals surface area (Å²) in [7, 11) is -3.23. The van der Waals surface area contributed by atoms with Gasteiger partial charge in [-0.05, 0) is 18.1 Å². The van der Waals surface area contributed by atoms with Crippen molar-refractivity contribution >= 4 is 21.4 Å². The van der Waals surface area contributed by atoms with E-state index in [1.54, 1.807) is 12.1 Å². The summed E-state index contributed by atoms with van der Waals surface area (Å²) in [4.78, 5) is 24.6. The van der Waals surface area contributed by atoms with Crippen LogP contribution in [0.3, 0.4) is 0 Å². The van der Waals surface area contributed by atoms with Gasteiger partial charge < -0.3 is 9.64 Å². The molecule has 0 radical (unpaired) electrons. The van der Waals surface area contributed by atoms with Gasteiger partial charge in [-0.25, -0.2) is 12.8 Å². The first kappa shape index (κ1) is 20.7. The van der Waals surface area contributed by atoms with Crippen LogP contribution >= 0.6 is 0 Å². The lowest BCUT2D eigenvalue weighted by Gasteiger charge is -2.28. The minimum absolute atomic E-state index is 0.00748. The van der Waals surface area contributed by atoms with Crippen LogP contribution in [0.15, 0.2) is 48.5 Å².